The van der Waals surface area contributed by atoms with Gasteiger partial charge in [-0.15, -0.1) is 6.42 Å². The van der Waals surface area contributed by atoms with Crippen molar-refractivity contribution in [2.24, 2.45) is 12.5 Å². The van der Waals surface area contributed by atoms with Gasteiger partial charge in [-0.3, -0.25) is 14.4 Å². The number of aromatic nitrogens is 1. The van der Waals surface area contributed by atoms with E-state index in [4.69, 9.17) is 13.0 Å². The van der Waals surface area contributed by atoms with Gasteiger partial charge in [0.15, 0.2) is 0 Å². The Morgan fingerprint density at radius 2 is 2.00 bits per heavy atom. The van der Waals surface area contributed by atoms with Gasteiger partial charge in [0.05, 0.1) is 24.2 Å². The van der Waals surface area contributed by atoms with Crippen LogP contribution in [-0.4, -0.2) is 33.8 Å². The fourth-order valence-corrected chi connectivity index (χ4v) is 3.23. The lowest BCUT2D eigenvalue weighted by Gasteiger charge is -2.18. The van der Waals surface area contributed by atoms with Gasteiger partial charge in [0.2, 0.25) is 17.3 Å². The molecule has 1 aromatic carbocycles. The van der Waals surface area contributed by atoms with Crippen molar-refractivity contribution in [1.29, 1.82) is 0 Å². The molecule has 160 valence electrons. The molecule has 1 aromatic heterocycles. The Balaban J connectivity index is 2.39. The van der Waals surface area contributed by atoms with Gasteiger partial charge in [-0.1, -0.05) is 5.92 Å². The van der Waals surface area contributed by atoms with Gasteiger partial charge in [0, 0.05) is 24.8 Å². The summed E-state index contributed by atoms with van der Waals surface area (Å²) in [7, 11) is 1.58. The number of halogens is 1. The normalized spacial score (nSPS) is 12.4. The predicted octanol–water partition coefficient (Wildman–Crippen LogP) is 3.36. The quantitative estimate of drug-likeness (QED) is 0.309. The van der Waals surface area contributed by atoms with E-state index < -0.39 is 35.3 Å². The number of nitrogens with zero attached hydrogens (tertiary/aromatic N) is 2. The molecule has 0 fully saturated rings. The van der Waals surface area contributed by atoms with Crippen molar-refractivity contribution in [3.8, 4) is 12.3 Å². The number of ketones is 2. The second-order valence-corrected chi connectivity index (χ2v) is 7.52. The largest absolute Gasteiger partial charge is 0.395 e. The SMILES string of the molecule is [C-]#[N+]c1cc(NC(=O)c2c(C)c(C(=O)C(=O)CC(C)(C#C)CO)c(C)n2C)ccc1F. The third kappa shape index (κ3) is 4.55. The molecule has 1 atom stereocenters. The van der Waals surface area contributed by atoms with Gasteiger partial charge in [-0.25, -0.2) is 9.24 Å². The smallest absolute Gasteiger partial charge is 0.272 e. The second kappa shape index (κ2) is 8.95. The first kappa shape index (κ1) is 23.5. The van der Waals surface area contributed by atoms with E-state index in [1.54, 1.807) is 20.9 Å². The Hall–Kier alpha value is -3.75. The van der Waals surface area contributed by atoms with Gasteiger partial charge in [-0.2, -0.15) is 0 Å². The third-order valence-corrected chi connectivity index (χ3v) is 5.20. The maximum atomic E-state index is 13.5. The van der Waals surface area contributed by atoms with Crippen molar-refractivity contribution in [1.82, 2.24) is 4.57 Å². The summed E-state index contributed by atoms with van der Waals surface area (Å²) in [6, 6.07) is 3.60. The van der Waals surface area contributed by atoms with Crippen LogP contribution in [0.1, 0.15) is 45.4 Å². The molecule has 0 aliphatic rings. The lowest BCUT2D eigenvalue weighted by molar-refractivity contribution is -0.116. The molecule has 0 aliphatic heterocycles. The van der Waals surface area contributed by atoms with Crippen LogP contribution in [0.4, 0.5) is 15.8 Å². The number of carbonyl (C=O) groups excluding carboxylic acids is 3. The number of hydrogen-bond acceptors (Lipinski definition) is 4. The highest BCUT2D eigenvalue weighted by molar-refractivity contribution is 6.44. The van der Waals surface area contributed by atoms with E-state index in [1.807, 2.05) is 0 Å². The Morgan fingerprint density at radius 1 is 1.35 bits per heavy atom. The first-order valence-corrected chi connectivity index (χ1v) is 9.30. The number of aliphatic hydroxyl groups is 1. The zero-order chi connectivity index (χ0) is 23.5. The molecular weight excluding hydrogens is 401 g/mol. The number of Topliss-reactive ketones (excluding diaryl/α,β-unsaturated/α-hetero) is 2. The van der Waals surface area contributed by atoms with Crippen molar-refractivity contribution in [3.05, 3.63) is 57.9 Å². The number of nitrogens with one attached hydrogen (secondary N) is 1. The van der Waals surface area contributed by atoms with Crippen LogP contribution < -0.4 is 5.32 Å². The van der Waals surface area contributed by atoms with Gasteiger partial charge in [0.1, 0.15) is 11.5 Å². The fraction of sp³-hybridized carbons (Fsp3) is 0.304. The summed E-state index contributed by atoms with van der Waals surface area (Å²) in [4.78, 5) is 41.3. The highest BCUT2D eigenvalue weighted by atomic mass is 19.1. The van der Waals surface area contributed by atoms with Crippen LogP contribution in [0.5, 0.6) is 0 Å². The van der Waals surface area contributed by atoms with Crippen molar-refractivity contribution in [3.63, 3.8) is 0 Å². The molecule has 1 heterocycles. The van der Waals surface area contributed by atoms with Crippen LogP contribution in [0.3, 0.4) is 0 Å². The van der Waals surface area contributed by atoms with E-state index >= 15 is 0 Å². The molecule has 2 aromatic rings. The monoisotopic (exact) mass is 423 g/mol. The highest BCUT2D eigenvalue weighted by Gasteiger charge is 2.32. The van der Waals surface area contributed by atoms with Crippen molar-refractivity contribution in [2.75, 3.05) is 11.9 Å². The third-order valence-electron chi connectivity index (χ3n) is 5.20. The van der Waals surface area contributed by atoms with Gasteiger partial charge in [-0.05, 0) is 44.5 Å². The molecule has 0 radical (unpaired) electrons. The van der Waals surface area contributed by atoms with Crippen molar-refractivity contribution >= 4 is 28.8 Å². The van der Waals surface area contributed by atoms with Gasteiger partial charge < -0.3 is 15.0 Å². The summed E-state index contributed by atoms with van der Waals surface area (Å²) in [5.74, 6) is -0.514. The van der Waals surface area contributed by atoms with E-state index in [1.165, 1.54) is 23.6 Å². The topological polar surface area (TPSA) is 92.8 Å². The van der Waals surface area contributed by atoms with Crippen LogP contribution in [-0.2, 0) is 11.8 Å². The maximum absolute atomic E-state index is 13.5. The number of carbonyl (C=O) groups is 3. The molecule has 8 heteroatoms. The summed E-state index contributed by atoms with van der Waals surface area (Å²) in [6.45, 7) is 11.2. The zero-order valence-corrected chi connectivity index (χ0v) is 17.7. The number of anilines is 1. The number of rotatable bonds is 7. The Morgan fingerprint density at radius 3 is 2.55 bits per heavy atom. The molecule has 0 saturated heterocycles. The molecule has 1 unspecified atom stereocenters. The standard InChI is InChI=1S/C23H22FN3O4/c1-7-23(4,12-28)11-18(29)21(30)19-13(2)20(27(6)14(19)3)22(31)26-15-8-9-16(24)17(10-15)25-5/h1,8-10,28H,11-12H2,2-4,6H3,(H,26,31). The van der Waals surface area contributed by atoms with E-state index in [0.29, 0.717) is 11.3 Å². The van der Waals surface area contributed by atoms with E-state index in [-0.39, 0.29) is 29.1 Å². The van der Waals surface area contributed by atoms with Crippen LogP contribution in [0.2, 0.25) is 0 Å². The van der Waals surface area contributed by atoms with Crippen LogP contribution in [0, 0.1) is 44.0 Å². The Kier molecular flexibility index (Phi) is 6.79. The molecule has 0 spiro atoms. The number of aliphatic hydroxyl groups excluding tert-OH is 1. The lowest BCUT2D eigenvalue weighted by Crippen LogP contribution is -2.27. The first-order chi connectivity index (χ1) is 14.5. The maximum Gasteiger partial charge on any atom is 0.272 e. The first-order valence-electron chi connectivity index (χ1n) is 9.30. The molecule has 7 nitrogen and oxygen atoms in total. The predicted molar refractivity (Wildman–Crippen MR) is 113 cm³/mol. The van der Waals surface area contributed by atoms with E-state index in [2.05, 4.69) is 16.1 Å². The summed E-state index contributed by atoms with van der Waals surface area (Å²) < 4.78 is 15.0. The minimum absolute atomic E-state index is 0.0934. The average molecular weight is 423 g/mol. The van der Waals surface area contributed by atoms with Crippen LogP contribution in [0.15, 0.2) is 18.2 Å². The molecular formula is C23H22FN3O4. The van der Waals surface area contributed by atoms with Crippen molar-refractivity contribution < 1.29 is 23.9 Å². The Labute approximate surface area is 179 Å². The zero-order valence-electron chi connectivity index (χ0n) is 17.7. The number of amides is 1. The molecule has 1 amide bonds. The van der Waals surface area contributed by atoms with Crippen LogP contribution >= 0.6 is 0 Å². The minimum atomic E-state index is -1.16. The molecule has 2 rings (SSSR count). The fourth-order valence-electron chi connectivity index (χ4n) is 3.23. The average Bonchev–Trinajstić information content (AvgIpc) is 2.96. The van der Waals surface area contributed by atoms with Gasteiger partial charge in [0.25, 0.3) is 5.91 Å². The highest BCUT2D eigenvalue weighted by Crippen LogP contribution is 2.27. The number of benzene rings is 1. The van der Waals surface area contributed by atoms with Crippen LogP contribution in [0.25, 0.3) is 4.85 Å². The lowest BCUT2D eigenvalue weighted by atomic mass is 9.84. The molecule has 31 heavy (non-hydrogen) atoms. The number of terminal acetylenes is 1. The summed E-state index contributed by atoms with van der Waals surface area (Å²) >= 11 is 0. The molecule has 0 aliphatic carbocycles. The molecule has 2 N–H and O–H groups in total. The molecule has 0 bridgehead atoms. The second-order valence-electron chi connectivity index (χ2n) is 7.52. The van der Waals surface area contributed by atoms with Crippen molar-refractivity contribution in [2.45, 2.75) is 27.2 Å². The number of hydrogen-bond donors (Lipinski definition) is 2. The van der Waals surface area contributed by atoms with E-state index in [0.717, 1.165) is 6.07 Å². The van der Waals surface area contributed by atoms with E-state index in [9.17, 15) is 23.9 Å². The Bertz CT molecular complexity index is 1170. The summed E-state index contributed by atoms with van der Waals surface area (Å²) in [6.07, 6.45) is 5.03. The summed E-state index contributed by atoms with van der Waals surface area (Å²) in [5.41, 5.74) is -0.234. The summed E-state index contributed by atoms with van der Waals surface area (Å²) in [5, 5.41) is 12.0. The van der Waals surface area contributed by atoms with Gasteiger partial charge >= 0.3 is 0 Å². The minimum Gasteiger partial charge on any atom is -0.395 e. The molecule has 0 saturated carbocycles.